The maximum Gasteiger partial charge on any atom is 0.326 e. The Hall–Kier alpha value is -1.34. The Kier molecular flexibility index (Phi) is 5.36. The summed E-state index contributed by atoms with van der Waals surface area (Å²) in [4.78, 5) is 22.3. The third-order valence-electron chi connectivity index (χ3n) is 3.08. The number of rotatable bonds is 6. The van der Waals surface area contributed by atoms with Crippen molar-refractivity contribution in [3.8, 4) is 0 Å². The first kappa shape index (κ1) is 14.7. The Morgan fingerprint density at radius 2 is 2.28 bits per heavy atom. The van der Waals surface area contributed by atoms with Crippen LogP contribution in [-0.2, 0) is 14.3 Å². The minimum atomic E-state index is -1.04. The second-order valence-electron chi connectivity index (χ2n) is 4.32. The van der Waals surface area contributed by atoms with Gasteiger partial charge < -0.3 is 25.2 Å². The van der Waals surface area contributed by atoms with Crippen LogP contribution < -0.4 is 10.6 Å². The third kappa shape index (κ3) is 3.85. The highest BCUT2D eigenvalue weighted by Gasteiger charge is 2.35. The van der Waals surface area contributed by atoms with Gasteiger partial charge in [0.05, 0.1) is 13.2 Å². The smallest absolute Gasteiger partial charge is 0.326 e. The zero-order valence-corrected chi connectivity index (χ0v) is 10.7. The minimum Gasteiger partial charge on any atom is -0.480 e. The van der Waals surface area contributed by atoms with Gasteiger partial charge in [-0.25, -0.2) is 9.59 Å². The van der Waals surface area contributed by atoms with Crippen molar-refractivity contribution in [2.45, 2.75) is 31.4 Å². The van der Waals surface area contributed by atoms with Crippen molar-refractivity contribution in [2.24, 2.45) is 0 Å². The molecule has 18 heavy (non-hydrogen) atoms. The largest absolute Gasteiger partial charge is 0.480 e. The molecule has 104 valence electrons. The van der Waals surface area contributed by atoms with Crippen molar-refractivity contribution < 1.29 is 24.2 Å². The Morgan fingerprint density at radius 1 is 1.56 bits per heavy atom. The van der Waals surface area contributed by atoms with E-state index in [9.17, 15) is 9.59 Å². The summed E-state index contributed by atoms with van der Waals surface area (Å²) < 4.78 is 10.6. The summed E-state index contributed by atoms with van der Waals surface area (Å²) >= 11 is 0. The Labute approximate surface area is 106 Å². The quantitative estimate of drug-likeness (QED) is 0.622. The molecule has 2 amide bonds. The molecule has 3 N–H and O–H groups in total. The molecule has 1 unspecified atom stereocenters. The van der Waals surface area contributed by atoms with E-state index in [1.54, 1.807) is 14.0 Å². The van der Waals surface area contributed by atoms with Gasteiger partial charge in [0.15, 0.2) is 0 Å². The molecule has 0 bridgehead atoms. The lowest BCUT2D eigenvalue weighted by Gasteiger charge is -2.26. The highest BCUT2D eigenvalue weighted by atomic mass is 16.5. The number of carbonyl (C=O) groups is 2. The van der Waals surface area contributed by atoms with Crippen molar-refractivity contribution in [2.75, 3.05) is 26.9 Å². The second-order valence-corrected chi connectivity index (χ2v) is 4.32. The van der Waals surface area contributed by atoms with Gasteiger partial charge in [0.1, 0.15) is 11.6 Å². The van der Waals surface area contributed by atoms with E-state index in [-0.39, 0.29) is 0 Å². The highest BCUT2D eigenvalue weighted by molar-refractivity contribution is 5.82. The highest BCUT2D eigenvalue weighted by Crippen LogP contribution is 2.21. The molecule has 2 atom stereocenters. The van der Waals surface area contributed by atoms with Crippen molar-refractivity contribution in [1.82, 2.24) is 10.6 Å². The third-order valence-corrected chi connectivity index (χ3v) is 3.08. The number of methoxy groups -OCH3 is 1. The molecule has 0 aromatic carbocycles. The van der Waals surface area contributed by atoms with Crippen LogP contribution in [0.2, 0.25) is 0 Å². The molecule has 1 rings (SSSR count). The topological polar surface area (TPSA) is 96.9 Å². The predicted octanol–water partition coefficient (Wildman–Crippen LogP) is -0.0457. The van der Waals surface area contributed by atoms with Gasteiger partial charge in [0.2, 0.25) is 0 Å². The van der Waals surface area contributed by atoms with E-state index in [1.165, 1.54) is 0 Å². The number of carbonyl (C=O) groups excluding carboxylic acids is 1. The number of ether oxygens (including phenoxy) is 2. The molecule has 1 heterocycles. The van der Waals surface area contributed by atoms with Gasteiger partial charge in [-0.15, -0.1) is 0 Å². The number of hydrogen-bond acceptors (Lipinski definition) is 4. The first-order chi connectivity index (χ1) is 8.53. The summed E-state index contributed by atoms with van der Waals surface area (Å²) in [5, 5.41) is 13.8. The van der Waals surface area contributed by atoms with E-state index in [1.807, 2.05) is 0 Å². The lowest BCUT2D eigenvalue weighted by molar-refractivity contribution is -0.139. The lowest BCUT2D eigenvalue weighted by atomic mass is 10.0. The van der Waals surface area contributed by atoms with E-state index in [0.29, 0.717) is 32.6 Å². The Morgan fingerprint density at radius 3 is 2.72 bits per heavy atom. The summed E-state index contributed by atoms with van der Waals surface area (Å²) in [6.07, 6.45) is 1.04. The number of amides is 2. The molecule has 0 aromatic rings. The molecule has 1 fully saturated rings. The molecule has 1 aliphatic rings. The molecule has 1 aliphatic heterocycles. The van der Waals surface area contributed by atoms with Gasteiger partial charge >= 0.3 is 12.0 Å². The molecular formula is C11H20N2O5. The van der Waals surface area contributed by atoms with E-state index in [2.05, 4.69) is 10.6 Å². The summed E-state index contributed by atoms with van der Waals surface area (Å²) in [6, 6.07) is -1.38. The molecule has 7 nitrogen and oxygen atoms in total. The average molecular weight is 260 g/mol. The fourth-order valence-corrected chi connectivity index (χ4v) is 1.75. The molecule has 7 heteroatoms. The van der Waals surface area contributed by atoms with Crippen LogP contribution in [0.5, 0.6) is 0 Å². The zero-order chi connectivity index (χ0) is 13.6. The number of urea groups is 1. The number of aliphatic carboxylic acids is 1. The van der Waals surface area contributed by atoms with Crippen molar-refractivity contribution >= 4 is 12.0 Å². The average Bonchev–Trinajstić information content (AvgIpc) is 2.82. The molecular weight excluding hydrogens is 240 g/mol. The van der Waals surface area contributed by atoms with Gasteiger partial charge in [0.25, 0.3) is 0 Å². The molecule has 0 spiro atoms. The van der Waals surface area contributed by atoms with Crippen LogP contribution in [0, 0.1) is 0 Å². The maximum absolute atomic E-state index is 11.5. The standard InChI is InChI=1S/C11H20N2O5/c1-3-8(9(14)15)13-10(16)12-6-11(17-2)4-5-18-7-11/h8H,3-7H2,1-2H3,(H,14,15)(H2,12,13,16)/t8-,11?/m1/s1. The van der Waals surface area contributed by atoms with Crippen LogP contribution in [0.4, 0.5) is 4.79 Å². The van der Waals surface area contributed by atoms with E-state index in [4.69, 9.17) is 14.6 Å². The summed E-state index contributed by atoms with van der Waals surface area (Å²) in [6.45, 7) is 3.02. The first-order valence-corrected chi connectivity index (χ1v) is 5.93. The fourth-order valence-electron chi connectivity index (χ4n) is 1.75. The number of carboxylic acids is 1. The van der Waals surface area contributed by atoms with Gasteiger partial charge in [-0.05, 0) is 6.42 Å². The van der Waals surface area contributed by atoms with E-state index < -0.39 is 23.6 Å². The SMILES string of the molecule is CC[C@@H](NC(=O)NCC1(OC)CCOC1)C(=O)O. The predicted molar refractivity (Wildman–Crippen MR) is 63.4 cm³/mol. The zero-order valence-electron chi connectivity index (χ0n) is 10.7. The van der Waals surface area contributed by atoms with E-state index in [0.717, 1.165) is 0 Å². The maximum atomic E-state index is 11.5. The van der Waals surface area contributed by atoms with Crippen LogP contribution in [0.3, 0.4) is 0 Å². The van der Waals surface area contributed by atoms with Crippen LogP contribution in [0.1, 0.15) is 19.8 Å². The van der Waals surface area contributed by atoms with Crippen LogP contribution in [-0.4, -0.2) is 55.6 Å². The fraction of sp³-hybridized carbons (Fsp3) is 0.818. The van der Waals surface area contributed by atoms with Crippen molar-refractivity contribution in [3.63, 3.8) is 0 Å². The van der Waals surface area contributed by atoms with E-state index >= 15 is 0 Å². The molecule has 1 saturated heterocycles. The van der Waals surface area contributed by atoms with Crippen LogP contribution >= 0.6 is 0 Å². The summed E-state index contributed by atoms with van der Waals surface area (Å²) in [5.74, 6) is -1.04. The minimum absolute atomic E-state index is 0.297. The Balaban J connectivity index is 2.38. The van der Waals surface area contributed by atoms with Gasteiger partial charge in [-0.2, -0.15) is 0 Å². The van der Waals surface area contributed by atoms with Crippen molar-refractivity contribution in [3.05, 3.63) is 0 Å². The molecule has 0 aliphatic carbocycles. The van der Waals surface area contributed by atoms with Gasteiger partial charge in [0, 0.05) is 20.1 Å². The Bertz CT molecular complexity index is 302. The summed E-state index contributed by atoms with van der Waals surface area (Å²) in [7, 11) is 1.57. The monoisotopic (exact) mass is 260 g/mol. The van der Waals surface area contributed by atoms with Crippen LogP contribution in [0.25, 0.3) is 0 Å². The normalized spacial score (nSPS) is 24.6. The van der Waals surface area contributed by atoms with Crippen LogP contribution in [0.15, 0.2) is 0 Å². The number of carboxylic acid groups (broad SMARTS) is 1. The van der Waals surface area contributed by atoms with Gasteiger partial charge in [-0.1, -0.05) is 6.92 Å². The van der Waals surface area contributed by atoms with Crippen molar-refractivity contribution in [1.29, 1.82) is 0 Å². The summed E-state index contributed by atoms with van der Waals surface area (Å²) in [5.41, 5.74) is -0.498. The molecule has 0 aromatic heterocycles. The molecule has 0 saturated carbocycles. The number of hydrogen-bond donors (Lipinski definition) is 3. The lowest BCUT2D eigenvalue weighted by Crippen LogP contribution is -2.51. The number of nitrogens with one attached hydrogen (secondary N) is 2. The second kappa shape index (κ2) is 6.55. The molecule has 0 radical (unpaired) electrons. The first-order valence-electron chi connectivity index (χ1n) is 5.93. The van der Waals surface area contributed by atoms with Gasteiger partial charge in [-0.3, -0.25) is 0 Å².